The summed E-state index contributed by atoms with van der Waals surface area (Å²) in [7, 11) is 0. The molecule has 19 heavy (non-hydrogen) atoms. The van der Waals surface area contributed by atoms with Gasteiger partial charge >= 0.3 is 5.69 Å². The number of hydrogen-bond donors (Lipinski definition) is 3. The maximum absolute atomic E-state index is 14.0. The van der Waals surface area contributed by atoms with Gasteiger partial charge in [0, 0.05) is 12.3 Å². The molecular weight excluding hydrogens is 259 g/mol. The van der Waals surface area contributed by atoms with Gasteiger partial charge in [-0.3, -0.25) is 14.3 Å². The Kier molecular flexibility index (Phi) is 3.28. The van der Waals surface area contributed by atoms with Crippen molar-refractivity contribution in [3.8, 4) is 12.3 Å². The van der Waals surface area contributed by atoms with Crippen LogP contribution in [-0.2, 0) is 4.74 Å². The smallest absolute Gasteiger partial charge is 0.330 e. The highest BCUT2D eigenvalue weighted by atomic mass is 19.1. The van der Waals surface area contributed by atoms with E-state index in [9.17, 15) is 19.1 Å². The molecule has 3 N–H and O–H groups in total. The fourth-order valence-corrected chi connectivity index (χ4v) is 1.90. The van der Waals surface area contributed by atoms with Crippen LogP contribution in [-0.4, -0.2) is 44.2 Å². The van der Waals surface area contributed by atoms with Gasteiger partial charge < -0.3 is 14.9 Å². The second-order valence-corrected chi connectivity index (χ2v) is 4.11. The zero-order chi connectivity index (χ0) is 14.2. The predicted octanol–water partition coefficient (Wildman–Crippen LogP) is -1.87. The third kappa shape index (κ3) is 1.98. The molecule has 0 radical (unpaired) electrons. The summed E-state index contributed by atoms with van der Waals surface area (Å²) in [5.74, 6) is 1.99. The molecule has 1 unspecified atom stereocenters. The molecule has 0 amide bonds. The van der Waals surface area contributed by atoms with Gasteiger partial charge in [-0.15, -0.1) is 6.42 Å². The number of aromatic nitrogens is 2. The second-order valence-electron chi connectivity index (χ2n) is 4.11. The molecule has 0 spiro atoms. The first-order valence-corrected chi connectivity index (χ1v) is 5.35. The molecule has 0 aliphatic carbocycles. The third-order valence-corrected chi connectivity index (χ3v) is 2.99. The van der Waals surface area contributed by atoms with Crippen LogP contribution in [0.15, 0.2) is 21.9 Å². The Morgan fingerprint density at radius 1 is 1.63 bits per heavy atom. The molecule has 8 heteroatoms. The fraction of sp³-hybridized carbons (Fsp3) is 0.455. The highest BCUT2D eigenvalue weighted by Crippen LogP contribution is 2.37. The molecule has 1 aromatic heterocycles. The monoisotopic (exact) mass is 270 g/mol. The maximum Gasteiger partial charge on any atom is 0.330 e. The molecule has 2 heterocycles. The number of aromatic amines is 1. The average molecular weight is 270 g/mol. The average Bonchev–Trinajstić information content (AvgIpc) is 2.64. The Morgan fingerprint density at radius 2 is 2.32 bits per heavy atom. The van der Waals surface area contributed by atoms with Crippen LogP contribution < -0.4 is 11.2 Å². The van der Waals surface area contributed by atoms with Crippen LogP contribution in [0.1, 0.15) is 6.23 Å². The third-order valence-electron chi connectivity index (χ3n) is 2.99. The molecule has 4 atom stereocenters. The van der Waals surface area contributed by atoms with Crippen LogP contribution >= 0.6 is 0 Å². The number of ether oxygens (including phenoxy) is 1. The number of nitrogens with one attached hydrogen (secondary N) is 1. The molecule has 1 fully saturated rings. The predicted molar refractivity (Wildman–Crippen MR) is 61.0 cm³/mol. The van der Waals surface area contributed by atoms with Gasteiger partial charge in [-0.2, -0.15) is 0 Å². The first kappa shape index (κ1) is 13.5. The molecule has 102 valence electrons. The van der Waals surface area contributed by atoms with Crippen molar-refractivity contribution in [2.75, 3.05) is 6.61 Å². The van der Waals surface area contributed by atoms with Crippen molar-refractivity contribution in [1.29, 1.82) is 0 Å². The molecule has 7 nitrogen and oxygen atoms in total. The lowest BCUT2D eigenvalue weighted by Gasteiger charge is -2.23. The Morgan fingerprint density at radius 3 is 2.79 bits per heavy atom. The molecule has 1 aromatic rings. The first-order chi connectivity index (χ1) is 8.95. The van der Waals surface area contributed by atoms with Crippen LogP contribution in [0.3, 0.4) is 0 Å². The summed E-state index contributed by atoms with van der Waals surface area (Å²) in [6, 6.07) is 0.999. The van der Waals surface area contributed by atoms with Crippen LogP contribution in [0.5, 0.6) is 0 Å². The molecule has 0 bridgehead atoms. The van der Waals surface area contributed by atoms with Crippen molar-refractivity contribution in [1.82, 2.24) is 9.55 Å². The lowest BCUT2D eigenvalue weighted by Crippen LogP contribution is -2.44. The molecule has 0 aromatic carbocycles. The minimum atomic E-state index is -2.02. The number of hydrogen-bond acceptors (Lipinski definition) is 5. The first-order valence-electron chi connectivity index (χ1n) is 5.35. The van der Waals surface area contributed by atoms with Crippen molar-refractivity contribution in [3.63, 3.8) is 0 Å². The van der Waals surface area contributed by atoms with E-state index in [2.05, 4.69) is 0 Å². The van der Waals surface area contributed by atoms with Gasteiger partial charge in [0.1, 0.15) is 6.10 Å². The van der Waals surface area contributed by atoms with E-state index >= 15 is 0 Å². The lowest BCUT2D eigenvalue weighted by atomic mass is 9.98. The topological polar surface area (TPSA) is 105 Å². The number of aliphatic hydroxyl groups excluding tert-OH is 2. The van der Waals surface area contributed by atoms with E-state index in [1.165, 1.54) is 0 Å². The molecular formula is C11H11FN2O5. The van der Waals surface area contributed by atoms with E-state index in [4.69, 9.17) is 16.3 Å². The SMILES string of the molecule is C#C[C@]1(CO)O[C@@H](n2ccc(=O)[nH]c2=O)C(F)[C@@H]1O. The van der Waals surface area contributed by atoms with Crippen LogP contribution in [0.25, 0.3) is 0 Å². The van der Waals surface area contributed by atoms with E-state index in [0.29, 0.717) is 0 Å². The number of H-pyrrole nitrogens is 1. The van der Waals surface area contributed by atoms with Gasteiger partial charge in [0.25, 0.3) is 5.56 Å². The van der Waals surface area contributed by atoms with E-state index in [1.807, 2.05) is 10.9 Å². The van der Waals surface area contributed by atoms with Crippen molar-refractivity contribution in [2.24, 2.45) is 0 Å². The van der Waals surface area contributed by atoms with E-state index in [-0.39, 0.29) is 0 Å². The maximum atomic E-state index is 14.0. The van der Waals surface area contributed by atoms with E-state index in [0.717, 1.165) is 16.8 Å². The summed E-state index contributed by atoms with van der Waals surface area (Å²) < 4.78 is 19.8. The van der Waals surface area contributed by atoms with Gasteiger partial charge in [-0.1, -0.05) is 5.92 Å². The van der Waals surface area contributed by atoms with Crippen LogP contribution in [0.2, 0.25) is 0 Å². The largest absolute Gasteiger partial charge is 0.392 e. The standard InChI is InChI=1S/C11H11FN2O5/c1-2-11(5-15)8(17)7(12)9(19-11)14-4-3-6(16)13-10(14)18/h1,3-4,7-9,15,17H,5H2,(H,13,16,18)/t7?,8-,9+,11+/m0/s1. The number of alkyl halides is 1. The highest BCUT2D eigenvalue weighted by Gasteiger charge is 2.55. The van der Waals surface area contributed by atoms with Gasteiger partial charge in [-0.25, -0.2) is 9.18 Å². The van der Waals surface area contributed by atoms with E-state index < -0.39 is 42.0 Å². The van der Waals surface area contributed by atoms with Gasteiger partial charge in [-0.05, 0) is 0 Å². The normalized spacial score (nSPS) is 34.1. The fourth-order valence-electron chi connectivity index (χ4n) is 1.90. The Hall–Kier alpha value is -1.95. The van der Waals surface area contributed by atoms with Crippen molar-refractivity contribution < 1.29 is 19.3 Å². The summed E-state index contributed by atoms with van der Waals surface area (Å²) in [6.45, 7) is -0.806. The van der Waals surface area contributed by atoms with Gasteiger partial charge in [0.15, 0.2) is 18.0 Å². The van der Waals surface area contributed by atoms with Crippen molar-refractivity contribution >= 4 is 0 Å². The zero-order valence-electron chi connectivity index (χ0n) is 9.62. The van der Waals surface area contributed by atoms with Gasteiger partial charge in [0.05, 0.1) is 6.61 Å². The Labute approximate surface area is 106 Å². The summed E-state index contributed by atoms with van der Waals surface area (Å²) in [6.07, 6.45) is 0.818. The van der Waals surface area contributed by atoms with E-state index in [1.54, 1.807) is 0 Å². The molecule has 1 aliphatic heterocycles. The highest BCUT2D eigenvalue weighted by molar-refractivity contribution is 5.18. The Bertz CT molecular complexity index is 633. The minimum Gasteiger partial charge on any atom is -0.392 e. The minimum absolute atomic E-state index is 0.652. The summed E-state index contributed by atoms with van der Waals surface area (Å²) in [4.78, 5) is 24.4. The Balaban J connectivity index is 2.46. The van der Waals surface area contributed by atoms with Crippen molar-refractivity contribution in [3.05, 3.63) is 33.1 Å². The molecule has 2 rings (SSSR count). The summed E-state index contributed by atoms with van der Waals surface area (Å²) >= 11 is 0. The number of halogens is 1. The number of terminal acetylenes is 1. The zero-order valence-corrected chi connectivity index (χ0v) is 9.62. The lowest BCUT2D eigenvalue weighted by molar-refractivity contribution is -0.0923. The number of rotatable bonds is 2. The quantitative estimate of drug-likeness (QED) is 0.546. The van der Waals surface area contributed by atoms with Crippen LogP contribution in [0, 0.1) is 12.3 Å². The number of nitrogens with zero attached hydrogens (tertiary/aromatic N) is 1. The second kappa shape index (κ2) is 4.62. The van der Waals surface area contributed by atoms with Gasteiger partial charge in [0.2, 0.25) is 0 Å². The molecule has 1 aliphatic rings. The molecule has 1 saturated heterocycles. The number of aliphatic hydroxyl groups is 2. The summed E-state index contributed by atoms with van der Waals surface area (Å²) in [5.41, 5.74) is -3.47. The van der Waals surface area contributed by atoms with Crippen LogP contribution in [0.4, 0.5) is 4.39 Å². The summed E-state index contributed by atoms with van der Waals surface area (Å²) in [5, 5.41) is 18.8. The molecule has 0 saturated carbocycles. The van der Waals surface area contributed by atoms with Crippen molar-refractivity contribution in [2.45, 2.75) is 24.1 Å².